The lowest BCUT2D eigenvalue weighted by Gasteiger charge is -2.16. The highest BCUT2D eigenvalue weighted by Crippen LogP contribution is 2.35. The number of carbonyl (C=O) groups excluding carboxylic acids is 1. The first-order chi connectivity index (χ1) is 10.1. The lowest BCUT2D eigenvalue weighted by molar-refractivity contribution is 0.0937. The monoisotopic (exact) mass is 303 g/mol. The number of aromatic nitrogens is 1. The summed E-state index contributed by atoms with van der Waals surface area (Å²) in [7, 11) is 0. The topological polar surface area (TPSA) is 68.0 Å². The van der Waals surface area contributed by atoms with E-state index in [4.69, 9.17) is 5.73 Å². The fraction of sp³-hybridized carbons (Fsp3) is 0.500. The summed E-state index contributed by atoms with van der Waals surface area (Å²) in [5.74, 6) is 0.750. The number of pyridine rings is 1. The normalized spacial score (nSPS) is 16.1. The van der Waals surface area contributed by atoms with Crippen molar-refractivity contribution in [3.63, 3.8) is 0 Å². The van der Waals surface area contributed by atoms with Crippen LogP contribution in [0.25, 0.3) is 10.2 Å². The van der Waals surface area contributed by atoms with Crippen molar-refractivity contribution in [2.75, 3.05) is 5.73 Å². The van der Waals surface area contributed by atoms with Crippen LogP contribution in [0.2, 0.25) is 0 Å². The number of aryl methyl sites for hydroxylation is 1. The number of carbonyl (C=O) groups is 1. The van der Waals surface area contributed by atoms with Crippen molar-refractivity contribution in [1.29, 1.82) is 0 Å². The van der Waals surface area contributed by atoms with Crippen LogP contribution in [0.5, 0.6) is 0 Å². The molecule has 4 nitrogen and oxygen atoms in total. The van der Waals surface area contributed by atoms with Crippen LogP contribution in [0, 0.1) is 12.8 Å². The molecule has 0 radical (unpaired) electrons. The molecule has 0 saturated heterocycles. The first-order valence-electron chi connectivity index (χ1n) is 7.55. The number of anilines is 1. The quantitative estimate of drug-likeness (QED) is 0.888. The number of hydrogen-bond acceptors (Lipinski definition) is 4. The van der Waals surface area contributed by atoms with Crippen LogP contribution < -0.4 is 11.1 Å². The van der Waals surface area contributed by atoms with Gasteiger partial charge >= 0.3 is 0 Å². The van der Waals surface area contributed by atoms with Crippen LogP contribution in [0.3, 0.4) is 0 Å². The van der Waals surface area contributed by atoms with Gasteiger partial charge in [-0.3, -0.25) is 4.79 Å². The summed E-state index contributed by atoms with van der Waals surface area (Å²) in [6.45, 7) is 4.06. The fourth-order valence-corrected chi connectivity index (χ4v) is 3.64. The molecule has 1 fully saturated rings. The molecule has 3 N–H and O–H groups in total. The summed E-state index contributed by atoms with van der Waals surface area (Å²) in [5, 5.41) is 4.01. The molecule has 3 rings (SSSR count). The van der Waals surface area contributed by atoms with E-state index in [-0.39, 0.29) is 11.9 Å². The zero-order valence-electron chi connectivity index (χ0n) is 12.5. The Morgan fingerprint density at radius 2 is 2.29 bits per heavy atom. The van der Waals surface area contributed by atoms with Gasteiger partial charge in [0.1, 0.15) is 9.71 Å². The molecule has 0 bridgehead atoms. The van der Waals surface area contributed by atoms with E-state index < -0.39 is 0 Å². The Morgan fingerprint density at radius 3 is 2.95 bits per heavy atom. The summed E-state index contributed by atoms with van der Waals surface area (Å²) in [6.07, 6.45) is 4.66. The fourth-order valence-electron chi connectivity index (χ4n) is 2.59. The van der Waals surface area contributed by atoms with Gasteiger partial charge in [-0.15, -0.1) is 11.3 Å². The Hall–Kier alpha value is -1.62. The SMILES string of the molecule is CCC(CC1CC1)NC(=O)c1sc2nc(C)ccc2c1N. The van der Waals surface area contributed by atoms with Crippen LogP contribution in [-0.4, -0.2) is 16.9 Å². The summed E-state index contributed by atoms with van der Waals surface area (Å²) in [6, 6.07) is 4.13. The third-order valence-electron chi connectivity index (χ3n) is 4.08. The molecule has 0 spiro atoms. The minimum Gasteiger partial charge on any atom is -0.397 e. The Balaban J connectivity index is 1.81. The Morgan fingerprint density at radius 1 is 1.52 bits per heavy atom. The minimum atomic E-state index is -0.0550. The molecule has 1 aliphatic carbocycles. The second kappa shape index (κ2) is 5.64. The van der Waals surface area contributed by atoms with E-state index in [1.807, 2.05) is 19.1 Å². The summed E-state index contributed by atoms with van der Waals surface area (Å²) in [5.41, 5.74) is 7.63. The molecule has 5 heteroatoms. The Labute approximate surface area is 128 Å². The van der Waals surface area contributed by atoms with Gasteiger partial charge in [0.15, 0.2) is 0 Å². The average Bonchev–Trinajstić information content (AvgIpc) is 3.21. The molecule has 112 valence electrons. The second-order valence-corrected chi connectivity index (χ2v) is 6.91. The number of nitrogens with two attached hydrogens (primary N) is 1. The molecule has 2 aromatic rings. The third-order valence-corrected chi connectivity index (χ3v) is 5.20. The first-order valence-corrected chi connectivity index (χ1v) is 8.36. The van der Waals surface area contributed by atoms with E-state index in [2.05, 4.69) is 17.2 Å². The number of nitrogens with one attached hydrogen (secondary N) is 1. The smallest absolute Gasteiger partial charge is 0.263 e. The molecule has 0 aliphatic heterocycles. The largest absolute Gasteiger partial charge is 0.397 e. The van der Waals surface area contributed by atoms with Gasteiger partial charge in [0.05, 0.1) is 5.69 Å². The highest BCUT2D eigenvalue weighted by atomic mass is 32.1. The van der Waals surface area contributed by atoms with Crippen molar-refractivity contribution in [3.05, 3.63) is 22.7 Å². The van der Waals surface area contributed by atoms with Gasteiger partial charge in [0, 0.05) is 17.1 Å². The van der Waals surface area contributed by atoms with Gasteiger partial charge in [-0.05, 0) is 37.8 Å². The van der Waals surface area contributed by atoms with E-state index in [1.165, 1.54) is 24.2 Å². The first kappa shape index (κ1) is 14.3. The van der Waals surface area contributed by atoms with Crippen LogP contribution in [0.15, 0.2) is 12.1 Å². The maximum atomic E-state index is 12.5. The van der Waals surface area contributed by atoms with Crippen molar-refractivity contribution in [3.8, 4) is 0 Å². The standard InChI is InChI=1S/C16H21N3OS/c1-3-11(8-10-5-6-10)19-15(20)14-13(17)12-7-4-9(2)18-16(12)21-14/h4,7,10-11H,3,5-6,8,17H2,1-2H3,(H,19,20). The van der Waals surface area contributed by atoms with Crippen molar-refractivity contribution in [1.82, 2.24) is 10.3 Å². The van der Waals surface area contributed by atoms with Crippen LogP contribution >= 0.6 is 11.3 Å². The second-order valence-electron chi connectivity index (χ2n) is 5.91. The van der Waals surface area contributed by atoms with Gasteiger partial charge in [-0.25, -0.2) is 4.98 Å². The Kier molecular flexibility index (Phi) is 3.85. The number of amides is 1. The van der Waals surface area contributed by atoms with Crippen molar-refractivity contribution < 1.29 is 4.79 Å². The molecule has 1 unspecified atom stereocenters. The maximum absolute atomic E-state index is 12.5. The van der Waals surface area contributed by atoms with Crippen molar-refractivity contribution in [2.45, 2.75) is 45.6 Å². The van der Waals surface area contributed by atoms with E-state index in [0.29, 0.717) is 10.6 Å². The molecule has 1 atom stereocenters. The minimum absolute atomic E-state index is 0.0550. The van der Waals surface area contributed by atoms with Gasteiger partial charge in [0.2, 0.25) is 0 Å². The molecule has 2 heterocycles. The molecular formula is C16H21N3OS. The summed E-state index contributed by atoms with van der Waals surface area (Å²) >= 11 is 1.38. The van der Waals surface area contributed by atoms with Gasteiger partial charge < -0.3 is 11.1 Å². The van der Waals surface area contributed by atoms with Crippen molar-refractivity contribution in [2.24, 2.45) is 5.92 Å². The highest BCUT2D eigenvalue weighted by molar-refractivity contribution is 7.21. The van der Waals surface area contributed by atoms with Crippen molar-refractivity contribution >= 4 is 33.1 Å². The van der Waals surface area contributed by atoms with E-state index in [9.17, 15) is 4.79 Å². The summed E-state index contributed by atoms with van der Waals surface area (Å²) < 4.78 is 0. The number of nitrogens with zero attached hydrogens (tertiary/aromatic N) is 1. The molecule has 1 amide bonds. The van der Waals surface area contributed by atoms with Crippen LogP contribution in [0.4, 0.5) is 5.69 Å². The molecule has 1 aliphatic rings. The molecule has 2 aromatic heterocycles. The number of rotatable bonds is 5. The van der Waals surface area contributed by atoms with Crippen LogP contribution in [0.1, 0.15) is 48.0 Å². The van der Waals surface area contributed by atoms with E-state index >= 15 is 0 Å². The third kappa shape index (κ3) is 3.02. The zero-order valence-corrected chi connectivity index (χ0v) is 13.3. The number of fused-ring (bicyclic) bond motifs is 1. The Bertz CT molecular complexity index is 675. The summed E-state index contributed by atoms with van der Waals surface area (Å²) in [4.78, 5) is 18.4. The predicted octanol–water partition coefficient (Wildman–Crippen LogP) is 3.50. The number of thiophene rings is 1. The highest BCUT2D eigenvalue weighted by Gasteiger charge is 2.26. The lowest BCUT2D eigenvalue weighted by atomic mass is 10.1. The van der Waals surface area contributed by atoms with E-state index in [0.717, 1.165) is 34.7 Å². The predicted molar refractivity (Wildman–Crippen MR) is 87.7 cm³/mol. The maximum Gasteiger partial charge on any atom is 0.263 e. The molecule has 21 heavy (non-hydrogen) atoms. The van der Waals surface area contributed by atoms with E-state index in [1.54, 1.807) is 0 Å². The molecule has 1 saturated carbocycles. The zero-order chi connectivity index (χ0) is 15.0. The number of hydrogen-bond donors (Lipinski definition) is 2. The molecule has 0 aromatic carbocycles. The van der Waals surface area contributed by atoms with Gasteiger partial charge in [0.25, 0.3) is 5.91 Å². The van der Waals surface area contributed by atoms with Crippen LogP contribution in [-0.2, 0) is 0 Å². The average molecular weight is 303 g/mol. The van der Waals surface area contributed by atoms with Gasteiger partial charge in [-0.2, -0.15) is 0 Å². The molecular weight excluding hydrogens is 282 g/mol. The number of nitrogen functional groups attached to an aromatic ring is 1. The van der Waals surface area contributed by atoms with Gasteiger partial charge in [-0.1, -0.05) is 19.8 Å². The lowest BCUT2D eigenvalue weighted by Crippen LogP contribution is -2.34.